The van der Waals surface area contributed by atoms with Crippen LogP contribution in [0.5, 0.6) is 5.75 Å². The second-order valence-electron chi connectivity index (χ2n) is 8.32. The minimum absolute atomic E-state index is 0.0310. The summed E-state index contributed by atoms with van der Waals surface area (Å²) in [4.78, 5) is 13.7. The van der Waals surface area contributed by atoms with Crippen LogP contribution in [0.3, 0.4) is 0 Å². The molecule has 0 unspecified atom stereocenters. The molecular formula is C28H22ClFN4O. The van der Waals surface area contributed by atoms with Crippen LogP contribution in [-0.2, 0) is 0 Å². The average molecular weight is 485 g/mol. The normalized spacial score (nSPS) is 11.1. The minimum Gasteiger partial charge on any atom is -0.491 e. The molecule has 2 heterocycles. The number of nitrogens with one attached hydrogen (secondary N) is 1. The van der Waals surface area contributed by atoms with Gasteiger partial charge >= 0.3 is 0 Å². The van der Waals surface area contributed by atoms with Crippen molar-refractivity contribution in [1.29, 1.82) is 0 Å². The summed E-state index contributed by atoms with van der Waals surface area (Å²) in [5.74, 6) is 1.43. The van der Waals surface area contributed by atoms with Crippen LogP contribution in [0.15, 0.2) is 85.2 Å². The Kier molecular flexibility index (Phi) is 6.29. The van der Waals surface area contributed by atoms with E-state index in [9.17, 15) is 4.39 Å². The lowest BCUT2D eigenvalue weighted by molar-refractivity contribution is 0.242. The summed E-state index contributed by atoms with van der Waals surface area (Å²) in [5.41, 5.74) is 4.16. The number of hydrogen-bond acceptors (Lipinski definition) is 5. The Morgan fingerprint density at radius 1 is 0.886 bits per heavy atom. The van der Waals surface area contributed by atoms with Gasteiger partial charge in [-0.3, -0.25) is 4.98 Å². The smallest absolute Gasteiger partial charge is 0.163 e. The molecule has 3 aromatic carbocycles. The predicted molar refractivity (Wildman–Crippen MR) is 139 cm³/mol. The van der Waals surface area contributed by atoms with E-state index < -0.39 is 5.82 Å². The van der Waals surface area contributed by atoms with Crippen molar-refractivity contribution < 1.29 is 9.13 Å². The van der Waals surface area contributed by atoms with Crippen molar-refractivity contribution in [2.24, 2.45) is 0 Å². The van der Waals surface area contributed by atoms with Crippen molar-refractivity contribution in [3.8, 4) is 28.3 Å². The highest BCUT2D eigenvalue weighted by Gasteiger charge is 2.13. The summed E-state index contributed by atoms with van der Waals surface area (Å²) < 4.78 is 19.6. The van der Waals surface area contributed by atoms with E-state index in [0.29, 0.717) is 17.3 Å². The maximum absolute atomic E-state index is 13.7. The molecule has 2 aromatic heterocycles. The Labute approximate surface area is 207 Å². The summed E-state index contributed by atoms with van der Waals surface area (Å²) in [5, 5.41) is 4.14. The van der Waals surface area contributed by atoms with Crippen LogP contribution < -0.4 is 10.1 Å². The first kappa shape index (κ1) is 22.7. The van der Waals surface area contributed by atoms with Crippen molar-refractivity contribution in [1.82, 2.24) is 15.0 Å². The molecule has 0 fully saturated rings. The van der Waals surface area contributed by atoms with Crippen molar-refractivity contribution in [3.05, 3.63) is 96.0 Å². The molecule has 174 valence electrons. The van der Waals surface area contributed by atoms with Crippen molar-refractivity contribution in [2.75, 3.05) is 5.32 Å². The first-order valence-corrected chi connectivity index (χ1v) is 11.6. The van der Waals surface area contributed by atoms with Gasteiger partial charge in [0, 0.05) is 29.0 Å². The third-order valence-electron chi connectivity index (χ3n) is 5.34. The Bertz CT molecular complexity index is 1510. The molecule has 1 N–H and O–H groups in total. The zero-order valence-corrected chi connectivity index (χ0v) is 19.9. The number of pyridine rings is 1. The zero-order valence-electron chi connectivity index (χ0n) is 19.2. The van der Waals surface area contributed by atoms with E-state index >= 15 is 0 Å². The second-order valence-corrected chi connectivity index (χ2v) is 8.72. The number of nitrogens with zero attached hydrogens (tertiary/aromatic N) is 3. The lowest BCUT2D eigenvalue weighted by atomic mass is 10.0. The number of fused-ring (bicyclic) bond motifs is 1. The second kappa shape index (κ2) is 9.68. The van der Waals surface area contributed by atoms with Gasteiger partial charge in [0.05, 0.1) is 16.6 Å². The molecule has 0 aliphatic heterocycles. The van der Waals surface area contributed by atoms with E-state index in [2.05, 4.69) is 10.3 Å². The first-order chi connectivity index (χ1) is 17.0. The number of hydrogen-bond donors (Lipinski definition) is 1. The van der Waals surface area contributed by atoms with Crippen LogP contribution in [0.4, 0.5) is 15.9 Å². The third kappa shape index (κ3) is 5.08. The lowest BCUT2D eigenvalue weighted by Gasteiger charge is -2.14. The summed E-state index contributed by atoms with van der Waals surface area (Å²) in [6, 6.07) is 22.2. The zero-order chi connectivity index (χ0) is 24.4. The van der Waals surface area contributed by atoms with Crippen LogP contribution in [0.1, 0.15) is 13.8 Å². The molecule has 0 atom stereocenters. The molecule has 0 saturated heterocycles. The van der Waals surface area contributed by atoms with Gasteiger partial charge < -0.3 is 10.1 Å². The fourth-order valence-corrected chi connectivity index (χ4v) is 3.94. The number of ether oxygens (including phenoxy) is 1. The summed E-state index contributed by atoms with van der Waals surface area (Å²) in [6.45, 7) is 4.00. The van der Waals surface area contributed by atoms with Crippen LogP contribution in [0.2, 0.25) is 5.02 Å². The maximum atomic E-state index is 13.7. The highest BCUT2D eigenvalue weighted by Crippen LogP contribution is 2.33. The van der Waals surface area contributed by atoms with Crippen molar-refractivity contribution in [3.63, 3.8) is 0 Å². The van der Waals surface area contributed by atoms with E-state index in [1.807, 2.05) is 68.4 Å². The molecule has 0 aliphatic carbocycles. The molecule has 0 amide bonds. The monoisotopic (exact) mass is 484 g/mol. The quantitative estimate of drug-likeness (QED) is 0.268. The fourth-order valence-electron chi connectivity index (χ4n) is 3.76. The molecule has 35 heavy (non-hydrogen) atoms. The minimum atomic E-state index is -0.480. The van der Waals surface area contributed by atoms with Crippen molar-refractivity contribution in [2.45, 2.75) is 20.0 Å². The highest BCUT2D eigenvalue weighted by atomic mass is 35.5. The largest absolute Gasteiger partial charge is 0.491 e. The van der Waals surface area contributed by atoms with E-state index in [0.717, 1.165) is 33.3 Å². The summed E-state index contributed by atoms with van der Waals surface area (Å²) in [6.07, 6.45) is 3.50. The Balaban J connectivity index is 1.64. The Morgan fingerprint density at radius 3 is 2.49 bits per heavy atom. The predicted octanol–water partition coefficient (Wildman–Crippen LogP) is 7.68. The number of anilines is 2. The fraction of sp³-hybridized carbons (Fsp3) is 0.107. The molecule has 0 radical (unpaired) electrons. The highest BCUT2D eigenvalue weighted by molar-refractivity contribution is 6.31. The standard InChI is InChI=1S/C28H22ClFN4O/c1-17(2)35-22-7-3-5-18(13-22)19-8-11-26-23(14-19)28(32-21-9-10-25(30)24(29)15-21)34-27(33-26)20-6-4-12-31-16-20/h3-17H,1-2H3,(H,32,33,34). The number of halogens is 2. The van der Waals surface area contributed by atoms with Crippen LogP contribution in [0.25, 0.3) is 33.4 Å². The van der Waals surface area contributed by atoms with Gasteiger partial charge in [-0.1, -0.05) is 29.8 Å². The molecule has 5 aromatic rings. The molecule has 0 aliphatic rings. The van der Waals surface area contributed by atoms with E-state index in [-0.39, 0.29) is 11.1 Å². The Morgan fingerprint density at radius 2 is 1.71 bits per heavy atom. The summed E-state index contributed by atoms with van der Waals surface area (Å²) >= 11 is 6.01. The van der Waals surface area contributed by atoms with E-state index in [1.54, 1.807) is 18.5 Å². The van der Waals surface area contributed by atoms with Gasteiger partial charge in [0.1, 0.15) is 17.4 Å². The van der Waals surface area contributed by atoms with Gasteiger partial charge in [0.25, 0.3) is 0 Å². The molecular weight excluding hydrogens is 463 g/mol. The van der Waals surface area contributed by atoms with Gasteiger partial charge in [-0.05, 0) is 79.6 Å². The topological polar surface area (TPSA) is 59.9 Å². The molecule has 7 heteroatoms. The van der Waals surface area contributed by atoms with Gasteiger partial charge in [-0.25, -0.2) is 14.4 Å². The molecule has 0 bridgehead atoms. The molecule has 0 saturated carbocycles. The molecule has 5 rings (SSSR count). The first-order valence-electron chi connectivity index (χ1n) is 11.2. The maximum Gasteiger partial charge on any atom is 0.163 e. The van der Waals surface area contributed by atoms with Crippen LogP contribution >= 0.6 is 11.6 Å². The van der Waals surface area contributed by atoms with Gasteiger partial charge in [0.15, 0.2) is 5.82 Å². The number of aromatic nitrogens is 3. The van der Waals surface area contributed by atoms with Crippen LogP contribution in [0, 0.1) is 5.82 Å². The third-order valence-corrected chi connectivity index (χ3v) is 5.63. The van der Waals surface area contributed by atoms with E-state index in [1.165, 1.54) is 12.1 Å². The molecule has 0 spiro atoms. The van der Waals surface area contributed by atoms with Gasteiger partial charge in [-0.15, -0.1) is 0 Å². The van der Waals surface area contributed by atoms with Crippen LogP contribution in [-0.4, -0.2) is 21.1 Å². The number of benzene rings is 3. The van der Waals surface area contributed by atoms with Gasteiger partial charge in [0.2, 0.25) is 0 Å². The lowest BCUT2D eigenvalue weighted by Crippen LogP contribution is -2.05. The SMILES string of the molecule is CC(C)Oc1cccc(-c2ccc3nc(-c4cccnc4)nc(Nc4ccc(F)c(Cl)c4)c3c2)c1. The Hall–Kier alpha value is -4.03. The molecule has 5 nitrogen and oxygen atoms in total. The number of rotatable bonds is 6. The van der Waals surface area contributed by atoms with Crippen molar-refractivity contribution >= 4 is 34.0 Å². The van der Waals surface area contributed by atoms with Gasteiger partial charge in [-0.2, -0.15) is 0 Å². The average Bonchev–Trinajstić information content (AvgIpc) is 2.86. The summed E-state index contributed by atoms with van der Waals surface area (Å²) in [7, 11) is 0. The van der Waals surface area contributed by atoms with E-state index in [4.69, 9.17) is 26.3 Å².